The Hall–Kier alpha value is -2.17. The summed E-state index contributed by atoms with van der Waals surface area (Å²) in [5.41, 5.74) is 2.38. The van der Waals surface area contributed by atoms with E-state index in [1.54, 1.807) is 10.9 Å². The number of hydrogen-bond donors (Lipinski definition) is 0. The molecule has 5 nitrogen and oxygen atoms in total. The zero-order valence-corrected chi connectivity index (χ0v) is 13.0. The van der Waals surface area contributed by atoms with Crippen molar-refractivity contribution in [1.29, 1.82) is 0 Å². The molecular weight excluding hydrogens is 276 g/mol. The van der Waals surface area contributed by atoms with Gasteiger partial charge in [0.05, 0.1) is 6.20 Å². The molecule has 116 valence electrons. The second-order valence-corrected chi connectivity index (χ2v) is 5.99. The van der Waals surface area contributed by atoms with Gasteiger partial charge in [0, 0.05) is 31.2 Å². The molecule has 0 radical (unpaired) electrons. The SMILES string of the molecule is Cc1cnn(CC(=O)N2CCC[C@@H]2CCc2ccncc2)c1. The number of aromatic nitrogens is 3. The van der Waals surface area contributed by atoms with E-state index in [2.05, 4.69) is 10.1 Å². The number of carbonyl (C=O) groups is 1. The number of pyridine rings is 1. The van der Waals surface area contributed by atoms with Crippen LogP contribution in [0.5, 0.6) is 0 Å². The summed E-state index contributed by atoms with van der Waals surface area (Å²) in [5.74, 6) is 0.181. The monoisotopic (exact) mass is 298 g/mol. The van der Waals surface area contributed by atoms with Crippen LogP contribution >= 0.6 is 0 Å². The fourth-order valence-electron chi connectivity index (χ4n) is 3.13. The van der Waals surface area contributed by atoms with Crippen molar-refractivity contribution in [2.45, 2.75) is 45.2 Å². The van der Waals surface area contributed by atoms with Crippen LogP contribution in [0.2, 0.25) is 0 Å². The van der Waals surface area contributed by atoms with Crippen LogP contribution < -0.4 is 0 Å². The molecule has 3 rings (SSSR count). The first-order valence-corrected chi connectivity index (χ1v) is 7.90. The lowest BCUT2D eigenvalue weighted by Crippen LogP contribution is -2.38. The van der Waals surface area contributed by atoms with E-state index in [4.69, 9.17) is 0 Å². The van der Waals surface area contributed by atoms with Crippen molar-refractivity contribution in [3.8, 4) is 0 Å². The maximum absolute atomic E-state index is 12.5. The molecule has 2 aromatic heterocycles. The summed E-state index contributed by atoms with van der Waals surface area (Å²) in [6, 6.07) is 4.46. The molecule has 5 heteroatoms. The van der Waals surface area contributed by atoms with Crippen LogP contribution in [0.1, 0.15) is 30.4 Å². The largest absolute Gasteiger partial charge is 0.338 e. The van der Waals surface area contributed by atoms with Gasteiger partial charge in [-0.15, -0.1) is 0 Å². The van der Waals surface area contributed by atoms with Gasteiger partial charge in [0.15, 0.2) is 0 Å². The molecule has 1 aliphatic rings. The van der Waals surface area contributed by atoms with E-state index in [0.717, 1.165) is 37.8 Å². The number of carbonyl (C=O) groups excluding carboxylic acids is 1. The first-order chi connectivity index (χ1) is 10.7. The van der Waals surface area contributed by atoms with Gasteiger partial charge in [-0.25, -0.2) is 0 Å². The molecule has 0 saturated carbocycles. The van der Waals surface area contributed by atoms with Crippen LogP contribution in [0.4, 0.5) is 0 Å². The lowest BCUT2D eigenvalue weighted by molar-refractivity contribution is -0.132. The molecule has 1 saturated heterocycles. The van der Waals surface area contributed by atoms with Gasteiger partial charge >= 0.3 is 0 Å². The second kappa shape index (κ2) is 6.73. The Balaban J connectivity index is 1.56. The van der Waals surface area contributed by atoms with E-state index in [1.807, 2.05) is 42.5 Å². The minimum atomic E-state index is 0.181. The van der Waals surface area contributed by atoms with Crippen molar-refractivity contribution < 1.29 is 4.79 Å². The number of aryl methyl sites for hydroxylation is 2. The average Bonchev–Trinajstić information content (AvgIpc) is 3.15. The fourth-order valence-corrected chi connectivity index (χ4v) is 3.13. The Kier molecular flexibility index (Phi) is 4.51. The Morgan fingerprint density at radius 2 is 2.18 bits per heavy atom. The minimum absolute atomic E-state index is 0.181. The highest BCUT2D eigenvalue weighted by molar-refractivity contribution is 5.76. The molecule has 1 fully saturated rings. The molecule has 2 aromatic rings. The third-order valence-electron chi connectivity index (χ3n) is 4.27. The molecule has 0 spiro atoms. The van der Waals surface area contributed by atoms with Gasteiger partial charge in [-0.05, 0) is 55.9 Å². The van der Waals surface area contributed by atoms with Crippen molar-refractivity contribution in [3.63, 3.8) is 0 Å². The van der Waals surface area contributed by atoms with E-state index >= 15 is 0 Å². The van der Waals surface area contributed by atoms with Crippen LogP contribution in [0.25, 0.3) is 0 Å². The predicted octanol–water partition coefficient (Wildman–Crippen LogP) is 2.21. The maximum Gasteiger partial charge on any atom is 0.244 e. The van der Waals surface area contributed by atoms with Crippen LogP contribution in [0.3, 0.4) is 0 Å². The molecule has 1 aliphatic heterocycles. The third-order valence-corrected chi connectivity index (χ3v) is 4.27. The lowest BCUT2D eigenvalue weighted by atomic mass is 10.0. The Morgan fingerprint density at radius 3 is 2.91 bits per heavy atom. The number of likely N-dealkylation sites (tertiary alicyclic amines) is 1. The molecule has 0 aromatic carbocycles. The van der Waals surface area contributed by atoms with Gasteiger partial charge in [-0.2, -0.15) is 5.10 Å². The van der Waals surface area contributed by atoms with Crippen LogP contribution in [-0.4, -0.2) is 38.2 Å². The molecule has 0 aliphatic carbocycles. The normalized spacial score (nSPS) is 17.9. The molecular formula is C17H22N4O. The summed E-state index contributed by atoms with van der Waals surface area (Å²) < 4.78 is 1.73. The van der Waals surface area contributed by atoms with Gasteiger partial charge in [0.2, 0.25) is 5.91 Å². The first kappa shape index (κ1) is 14.8. The number of rotatable bonds is 5. The summed E-state index contributed by atoms with van der Waals surface area (Å²) >= 11 is 0. The molecule has 22 heavy (non-hydrogen) atoms. The molecule has 0 unspecified atom stereocenters. The van der Waals surface area contributed by atoms with E-state index in [9.17, 15) is 4.79 Å². The van der Waals surface area contributed by atoms with Gasteiger partial charge < -0.3 is 4.90 Å². The molecule has 0 N–H and O–H groups in total. The van der Waals surface area contributed by atoms with Gasteiger partial charge in [0.1, 0.15) is 6.54 Å². The van der Waals surface area contributed by atoms with Gasteiger partial charge in [-0.1, -0.05) is 0 Å². The Morgan fingerprint density at radius 1 is 1.36 bits per heavy atom. The highest BCUT2D eigenvalue weighted by Gasteiger charge is 2.28. The fraction of sp³-hybridized carbons (Fsp3) is 0.471. The van der Waals surface area contributed by atoms with Crippen molar-refractivity contribution in [2.75, 3.05) is 6.54 Å². The number of hydrogen-bond acceptors (Lipinski definition) is 3. The minimum Gasteiger partial charge on any atom is -0.338 e. The van der Waals surface area contributed by atoms with Crippen molar-refractivity contribution in [1.82, 2.24) is 19.7 Å². The summed E-state index contributed by atoms with van der Waals surface area (Å²) in [6.07, 6.45) is 11.6. The van der Waals surface area contributed by atoms with E-state index in [1.165, 1.54) is 5.56 Å². The standard InChI is InChI=1S/C17H22N4O/c1-14-11-19-20(12-14)13-17(22)21-10-2-3-16(21)5-4-15-6-8-18-9-7-15/h6-9,11-12,16H,2-5,10,13H2,1H3/t16-/m1/s1. The van der Waals surface area contributed by atoms with E-state index < -0.39 is 0 Å². The molecule has 0 bridgehead atoms. The van der Waals surface area contributed by atoms with Gasteiger partial charge in [-0.3, -0.25) is 14.5 Å². The molecule has 1 amide bonds. The highest BCUT2D eigenvalue weighted by atomic mass is 16.2. The molecule has 1 atom stereocenters. The topological polar surface area (TPSA) is 51.0 Å². The quantitative estimate of drug-likeness (QED) is 0.850. The zero-order valence-electron chi connectivity index (χ0n) is 13.0. The highest BCUT2D eigenvalue weighted by Crippen LogP contribution is 2.22. The summed E-state index contributed by atoms with van der Waals surface area (Å²) in [7, 11) is 0. The Labute approximate surface area is 131 Å². The van der Waals surface area contributed by atoms with Crippen molar-refractivity contribution in [3.05, 3.63) is 48.0 Å². The number of amides is 1. The van der Waals surface area contributed by atoms with E-state index in [-0.39, 0.29) is 5.91 Å². The van der Waals surface area contributed by atoms with Crippen molar-refractivity contribution in [2.24, 2.45) is 0 Å². The Bertz CT molecular complexity index is 623. The molecule has 3 heterocycles. The first-order valence-electron chi connectivity index (χ1n) is 7.90. The van der Waals surface area contributed by atoms with Crippen LogP contribution in [0, 0.1) is 6.92 Å². The summed E-state index contributed by atoms with van der Waals surface area (Å²) in [6.45, 7) is 3.21. The lowest BCUT2D eigenvalue weighted by Gasteiger charge is -2.24. The maximum atomic E-state index is 12.5. The van der Waals surface area contributed by atoms with Crippen LogP contribution in [-0.2, 0) is 17.8 Å². The van der Waals surface area contributed by atoms with Gasteiger partial charge in [0.25, 0.3) is 0 Å². The summed E-state index contributed by atoms with van der Waals surface area (Å²) in [5, 5.41) is 4.21. The average molecular weight is 298 g/mol. The third kappa shape index (κ3) is 3.53. The predicted molar refractivity (Wildman–Crippen MR) is 84.3 cm³/mol. The summed E-state index contributed by atoms with van der Waals surface area (Å²) in [4.78, 5) is 18.6. The zero-order chi connectivity index (χ0) is 15.4. The second-order valence-electron chi connectivity index (χ2n) is 5.99. The van der Waals surface area contributed by atoms with Crippen LogP contribution in [0.15, 0.2) is 36.9 Å². The van der Waals surface area contributed by atoms with Crippen molar-refractivity contribution >= 4 is 5.91 Å². The number of nitrogens with zero attached hydrogens (tertiary/aromatic N) is 4. The smallest absolute Gasteiger partial charge is 0.244 e. The van der Waals surface area contributed by atoms with E-state index in [0.29, 0.717) is 12.6 Å².